The quantitative estimate of drug-likeness (QED) is 0.919. The lowest BCUT2D eigenvalue weighted by molar-refractivity contribution is 1.15. The normalized spacial score (nSPS) is 10.3. The number of aryl methyl sites for hydroxylation is 1. The van der Waals surface area contributed by atoms with E-state index < -0.39 is 0 Å². The monoisotopic (exact) mass is 283 g/mol. The SMILES string of the molecule is CNc1nc(-c2sccc2C)ncc1Br. The second-order valence-corrected chi connectivity index (χ2v) is 4.84. The molecule has 0 bridgehead atoms. The van der Waals surface area contributed by atoms with Crippen LogP contribution in [0.3, 0.4) is 0 Å². The van der Waals surface area contributed by atoms with Gasteiger partial charge in [-0.25, -0.2) is 9.97 Å². The second kappa shape index (κ2) is 4.28. The number of nitrogens with one attached hydrogen (secondary N) is 1. The summed E-state index contributed by atoms with van der Waals surface area (Å²) in [6, 6.07) is 2.07. The molecule has 0 saturated heterocycles. The highest BCUT2D eigenvalue weighted by atomic mass is 79.9. The zero-order valence-corrected chi connectivity index (χ0v) is 10.8. The molecule has 15 heavy (non-hydrogen) atoms. The Balaban J connectivity index is 2.51. The minimum atomic E-state index is 0.773. The van der Waals surface area contributed by atoms with Crippen LogP contribution in [0.4, 0.5) is 5.82 Å². The molecule has 5 heteroatoms. The van der Waals surface area contributed by atoms with Crippen molar-refractivity contribution in [1.29, 1.82) is 0 Å². The van der Waals surface area contributed by atoms with Gasteiger partial charge in [0.05, 0.1) is 9.35 Å². The van der Waals surface area contributed by atoms with Gasteiger partial charge < -0.3 is 5.32 Å². The molecule has 0 aliphatic carbocycles. The van der Waals surface area contributed by atoms with Gasteiger partial charge in [0, 0.05) is 13.2 Å². The molecule has 2 rings (SSSR count). The molecule has 0 aliphatic rings. The minimum Gasteiger partial charge on any atom is -0.372 e. The van der Waals surface area contributed by atoms with Crippen LogP contribution >= 0.6 is 27.3 Å². The highest BCUT2D eigenvalue weighted by Crippen LogP contribution is 2.28. The molecular weight excluding hydrogens is 274 g/mol. The van der Waals surface area contributed by atoms with Gasteiger partial charge in [-0.15, -0.1) is 11.3 Å². The van der Waals surface area contributed by atoms with Crippen LogP contribution < -0.4 is 5.32 Å². The largest absolute Gasteiger partial charge is 0.372 e. The van der Waals surface area contributed by atoms with E-state index in [-0.39, 0.29) is 0 Å². The molecule has 2 heterocycles. The molecule has 0 fully saturated rings. The van der Waals surface area contributed by atoms with Crippen molar-refractivity contribution in [1.82, 2.24) is 9.97 Å². The molecule has 0 aliphatic heterocycles. The number of nitrogens with zero attached hydrogens (tertiary/aromatic N) is 2. The molecule has 3 nitrogen and oxygen atoms in total. The van der Waals surface area contributed by atoms with Crippen LogP contribution in [0.5, 0.6) is 0 Å². The van der Waals surface area contributed by atoms with Crippen molar-refractivity contribution in [3.05, 3.63) is 27.7 Å². The summed E-state index contributed by atoms with van der Waals surface area (Å²) in [4.78, 5) is 9.86. The first-order valence-electron chi connectivity index (χ1n) is 4.47. The van der Waals surface area contributed by atoms with Gasteiger partial charge in [-0.05, 0) is 39.9 Å². The smallest absolute Gasteiger partial charge is 0.171 e. The van der Waals surface area contributed by atoms with Crippen LogP contribution in [0, 0.1) is 6.92 Å². The van der Waals surface area contributed by atoms with Gasteiger partial charge >= 0.3 is 0 Å². The lowest BCUT2D eigenvalue weighted by atomic mass is 10.3. The highest BCUT2D eigenvalue weighted by Gasteiger charge is 2.08. The number of thiophene rings is 1. The third-order valence-electron chi connectivity index (χ3n) is 2.05. The van der Waals surface area contributed by atoms with E-state index in [1.165, 1.54) is 5.56 Å². The molecule has 78 valence electrons. The van der Waals surface area contributed by atoms with Crippen LogP contribution in [-0.4, -0.2) is 17.0 Å². The van der Waals surface area contributed by atoms with Crippen LogP contribution in [0.15, 0.2) is 22.1 Å². The van der Waals surface area contributed by atoms with E-state index in [1.807, 2.05) is 7.05 Å². The lowest BCUT2D eigenvalue weighted by Crippen LogP contribution is -1.97. The lowest BCUT2D eigenvalue weighted by Gasteiger charge is -2.04. The van der Waals surface area contributed by atoms with Crippen molar-refractivity contribution >= 4 is 33.1 Å². The maximum atomic E-state index is 4.44. The van der Waals surface area contributed by atoms with Crippen molar-refractivity contribution < 1.29 is 0 Å². The maximum Gasteiger partial charge on any atom is 0.171 e. The average Bonchev–Trinajstić information content (AvgIpc) is 2.65. The molecule has 0 saturated carbocycles. The standard InChI is InChI=1S/C10H10BrN3S/c1-6-3-4-15-8(6)10-13-5-7(11)9(12-2)14-10/h3-5H,1-2H3,(H,12,13,14). The van der Waals surface area contributed by atoms with Gasteiger partial charge in [-0.1, -0.05) is 0 Å². The molecule has 2 aromatic heterocycles. The molecule has 1 N–H and O–H groups in total. The first-order chi connectivity index (χ1) is 7.22. The Morgan fingerprint density at radius 3 is 2.87 bits per heavy atom. The Kier molecular flexibility index (Phi) is 3.02. The summed E-state index contributed by atoms with van der Waals surface area (Å²) in [6.45, 7) is 2.07. The number of aromatic nitrogens is 2. The Hall–Kier alpha value is -0.940. The molecule has 0 amide bonds. The van der Waals surface area contributed by atoms with E-state index in [2.05, 4.69) is 49.6 Å². The van der Waals surface area contributed by atoms with E-state index in [1.54, 1.807) is 17.5 Å². The summed E-state index contributed by atoms with van der Waals surface area (Å²) < 4.78 is 0.878. The fourth-order valence-electron chi connectivity index (χ4n) is 1.25. The van der Waals surface area contributed by atoms with Gasteiger partial charge in [0.25, 0.3) is 0 Å². The summed E-state index contributed by atoms with van der Waals surface area (Å²) in [5.41, 5.74) is 1.21. The van der Waals surface area contributed by atoms with Gasteiger partial charge in [-0.3, -0.25) is 0 Å². The van der Waals surface area contributed by atoms with Crippen LogP contribution in [0.1, 0.15) is 5.56 Å². The zero-order valence-electron chi connectivity index (χ0n) is 8.41. The molecule has 0 atom stereocenters. The number of rotatable bonds is 2. The Morgan fingerprint density at radius 1 is 1.47 bits per heavy atom. The number of hydrogen-bond donors (Lipinski definition) is 1. The summed E-state index contributed by atoms with van der Waals surface area (Å²) in [7, 11) is 1.85. The van der Waals surface area contributed by atoms with Crippen molar-refractivity contribution in [2.75, 3.05) is 12.4 Å². The Labute approximate surface area is 101 Å². The van der Waals surface area contributed by atoms with Crippen LogP contribution in [0.2, 0.25) is 0 Å². The van der Waals surface area contributed by atoms with Gasteiger partial charge in [0.2, 0.25) is 0 Å². The molecule has 0 radical (unpaired) electrons. The second-order valence-electron chi connectivity index (χ2n) is 3.07. The first kappa shape index (κ1) is 10.6. The highest BCUT2D eigenvalue weighted by molar-refractivity contribution is 9.10. The summed E-state index contributed by atoms with van der Waals surface area (Å²) in [5, 5.41) is 5.07. The Morgan fingerprint density at radius 2 is 2.27 bits per heavy atom. The molecule has 0 unspecified atom stereocenters. The summed E-state index contributed by atoms with van der Waals surface area (Å²) in [6.07, 6.45) is 1.77. The third kappa shape index (κ3) is 2.03. The Bertz CT molecular complexity index is 481. The molecular formula is C10H10BrN3S. The van der Waals surface area contributed by atoms with E-state index >= 15 is 0 Å². The average molecular weight is 284 g/mol. The number of anilines is 1. The predicted octanol–water partition coefficient (Wildman–Crippen LogP) is 3.32. The fraction of sp³-hybridized carbons (Fsp3) is 0.200. The van der Waals surface area contributed by atoms with Crippen LogP contribution in [-0.2, 0) is 0 Å². The van der Waals surface area contributed by atoms with Crippen molar-refractivity contribution in [3.63, 3.8) is 0 Å². The van der Waals surface area contributed by atoms with E-state index in [9.17, 15) is 0 Å². The van der Waals surface area contributed by atoms with Gasteiger partial charge in [0.15, 0.2) is 5.82 Å². The van der Waals surface area contributed by atoms with E-state index in [0.717, 1.165) is 21.0 Å². The fourth-order valence-corrected chi connectivity index (χ4v) is 2.51. The number of hydrogen-bond acceptors (Lipinski definition) is 4. The van der Waals surface area contributed by atoms with Crippen molar-refractivity contribution in [2.45, 2.75) is 6.92 Å². The predicted molar refractivity (Wildman–Crippen MR) is 67.3 cm³/mol. The summed E-state index contributed by atoms with van der Waals surface area (Å²) in [5.74, 6) is 1.59. The van der Waals surface area contributed by atoms with E-state index in [4.69, 9.17) is 0 Å². The third-order valence-corrected chi connectivity index (χ3v) is 3.64. The number of halogens is 1. The van der Waals surface area contributed by atoms with Crippen molar-refractivity contribution in [3.8, 4) is 10.7 Å². The maximum absolute atomic E-state index is 4.44. The van der Waals surface area contributed by atoms with Crippen LogP contribution in [0.25, 0.3) is 10.7 Å². The summed E-state index contributed by atoms with van der Waals surface area (Å²) >= 11 is 5.05. The van der Waals surface area contributed by atoms with Gasteiger partial charge in [0.1, 0.15) is 5.82 Å². The van der Waals surface area contributed by atoms with Gasteiger partial charge in [-0.2, -0.15) is 0 Å². The van der Waals surface area contributed by atoms with E-state index in [0.29, 0.717) is 0 Å². The topological polar surface area (TPSA) is 37.8 Å². The molecule has 2 aromatic rings. The minimum absolute atomic E-state index is 0.773. The van der Waals surface area contributed by atoms with Crippen molar-refractivity contribution in [2.24, 2.45) is 0 Å². The zero-order chi connectivity index (χ0) is 10.8. The molecule has 0 aromatic carbocycles. The molecule has 0 spiro atoms. The first-order valence-corrected chi connectivity index (χ1v) is 6.14.